The molecule has 1 atom stereocenters. The van der Waals surface area contributed by atoms with Gasteiger partial charge in [-0.05, 0) is 47.5 Å². The van der Waals surface area contributed by atoms with Crippen LogP contribution in [0.2, 0.25) is 5.02 Å². The maximum atomic E-state index is 12.6. The molecule has 1 saturated heterocycles. The van der Waals surface area contributed by atoms with Crippen LogP contribution in [0.15, 0.2) is 35.7 Å². The van der Waals surface area contributed by atoms with E-state index in [1.165, 1.54) is 10.4 Å². The second-order valence-corrected chi connectivity index (χ2v) is 8.02. The number of piperazine rings is 1. The Kier molecular flexibility index (Phi) is 4.52. The summed E-state index contributed by atoms with van der Waals surface area (Å²) in [5.41, 5.74) is 2.31. The molecule has 0 aliphatic carbocycles. The smallest absolute Gasteiger partial charge is 0.242 e. The first-order valence-corrected chi connectivity index (χ1v) is 9.75. The molecule has 2 aliphatic heterocycles. The van der Waals surface area contributed by atoms with E-state index in [0.29, 0.717) is 18.0 Å². The number of benzene rings is 1. The third-order valence-corrected chi connectivity index (χ3v) is 6.19. The predicted molar refractivity (Wildman–Crippen MR) is 98.8 cm³/mol. The van der Waals surface area contributed by atoms with E-state index in [0.717, 1.165) is 24.9 Å². The Balaban J connectivity index is 1.51. The Bertz CT molecular complexity index is 806. The van der Waals surface area contributed by atoms with E-state index in [9.17, 15) is 9.59 Å². The summed E-state index contributed by atoms with van der Waals surface area (Å²) < 4.78 is 0. The molecule has 0 radical (unpaired) electrons. The SMILES string of the molecule is O=C(CCc1cccs1)N1CC(=O)N2CCc3ccc(Cl)cc3C2C1. The molecule has 6 heteroatoms. The maximum absolute atomic E-state index is 12.6. The molecule has 2 aromatic rings. The molecule has 0 saturated carbocycles. The normalized spacial score (nSPS) is 19.6. The Hall–Kier alpha value is -1.85. The van der Waals surface area contributed by atoms with Crippen LogP contribution in [0.1, 0.15) is 28.5 Å². The summed E-state index contributed by atoms with van der Waals surface area (Å²) in [4.78, 5) is 30.0. The fraction of sp³-hybridized carbons (Fsp3) is 0.368. The molecule has 3 heterocycles. The van der Waals surface area contributed by atoms with E-state index in [4.69, 9.17) is 11.6 Å². The number of carbonyl (C=O) groups excluding carboxylic acids is 2. The van der Waals surface area contributed by atoms with Crippen molar-refractivity contribution in [1.29, 1.82) is 0 Å². The van der Waals surface area contributed by atoms with E-state index in [2.05, 4.69) is 0 Å². The zero-order valence-electron chi connectivity index (χ0n) is 13.8. The molecule has 0 bridgehead atoms. The van der Waals surface area contributed by atoms with Crippen molar-refractivity contribution >= 4 is 34.8 Å². The van der Waals surface area contributed by atoms with Gasteiger partial charge in [-0.1, -0.05) is 23.7 Å². The lowest BCUT2D eigenvalue weighted by Gasteiger charge is -2.44. The minimum Gasteiger partial charge on any atom is -0.332 e. The lowest BCUT2D eigenvalue weighted by molar-refractivity contribution is -0.149. The number of carbonyl (C=O) groups is 2. The zero-order valence-corrected chi connectivity index (χ0v) is 15.4. The first-order chi connectivity index (χ1) is 12.1. The van der Waals surface area contributed by atoms with Crippen molar-refractivity contribution in [2.45, 2.75) is 25.3 Å². The van der Waals surface area contributed by atoms with Crippen LogP contribution in [0.4, 0.5) is 0 Å². The van der Waals surface area contributed by atoms with E-state index < -0.39 is 0 Å². The number of rotatable bonds is 3. The van der Waals surface area contributed by atoms with Crippen LogP contribution in [-0.2, 0) is 22.4 Å². The molecule has 1 aromatic heterocycles. The van der Waals surface area contributed by atoms with Crippen molar-refractivity contribution in [3.8, 4) is 0 Å². The van der Waals surface area contributed by atoms with Crippen molar-refractivity contribution in [2.75, 3.05) is 19.6 Å². The van der Waals surface area contributed by atoms with Crippen molar-refractivity contribution < 1.29 is 9.59 Å². The van der Waals surface area contributed by atoms with Gasteiger partial charge in [0.1, 0.15) is 0 Å². The Labute approximate surface area is 156 Å². The van der Waals surface area contributed by atoms with Crippen LogP contribution in [0.3, 0.4) is 0 Å². The van der Waals surface area contributed by atoms with E-state index in [1.807, 2.05) is 40.6 Å². The van der Waals surface area contributed by atoms with Crippen molar-refractivity contribution in [1.82, 2.24) is 9.80 Å². The van der Waals surface area contributed by atoms with Crippen molar-refractivity contribution in [3.63, 3.8) is 0 Å². The van der Waals surface area contributed by atoms with Gasteiger partial charge in [0.05, 0.1) is 12.6 Å². The minimum atomic E-state index is -0.0746. The van der Waals surface area contributed by atoms with E-state index >= 15 is 0 Å². The lowest BCUT2D eigenvalue weighted by atomic mass is 9.90. The van der Waals surface area contributed by atoms with Gasteiger partial charge in [0.25, 0.3) is 0 Å². The fourth-order valence-corrected chi connectivity index (χ4v) is 4.61. The first kappa shape index (κ1) is 16.6. The summed E-state index contributed by atoms with van der Waals surface area (Å²) in [6, 6.07) is 9.84. The molecule has 1 fully saturated rings. The van der Waals surface area contributed by atoms with Crippen LogP contribution >= 0.6 is 22.9 Å². The highest BCUT2D eigenvalue weighted by atomic mass is 35.5. The number of hydrogen-bond acceptors (Lipinski definition) is 3. The number of nitrogens with zero attached hydrogens (tertiary/aromatic N) is 2. The van der Waals surface area contributed by atoms with E-state index in [-0.39, 0.29) is 24.4 Å². The van der Waals surface area contributed by atoms with Crippen LogP contribution in [0.25, 0.3) is 0 Å². The Morgan fingerprint density at radius 3 is 3.00 bits per heavy atom. The van der Waals surface area contributed by atoms with Gasteiger partial charge in [-0.3, -0.25) is 9.59 Å². The fourth-order valence-electron chi connectivity index (χ4n) is 3.72. The highest BCUT2D eigenvalue weighted by Gasteiger charge is 2.38. The summed E-state index contributed by atoms with van der Waals surface area (Å²) in [5, 5.41) is 2.69. The van der Waals surface area contributed by atoms with Gasteiger partial charge in [-0.2, -0.15) is 0 Å². The Morgan fingerprint density at radius 2 is 2.20 bits per heavy atom. The molecule has 2 aliphatic rings. The third kappa shape index (κ3) is 3.31. The number of halogens is 1. The van der Waals surface area contributed by atoms with Gasteiger partial charge in [0, 0.05) is 29.4 Å². The summed E-state index contributed by atoms with van der Waals surface area (Å²) in [7, 11) is 0. The molecular weight excluding hydrogens is 356 g/mol. The highest BCUT2D eigenvalue weighted by molar-refractivity contribution is 7.09. The molecule has 4 rings (SSSR count). The summed E-state index contributed by atoms with van der Waals surface area (Å²) in [6.07, 6.45) is 2.03. The minimum absolute atomic E-state index is 0.0337. The highest BCUT2D eigenvalue weighted by Crippen LogP contribution is 2.34. The average Bonchev–Trinajstić information content (AvgIpc) is 3.13. The van der Waals surface area contributed by atoms with Gasteiger partial charge in [-0.25, -0.2) is 0 Å². The van der Waals surface area contributed by atoms with Crippen LogP contribution in [-0.4, -0.2) is 41.2 Å². The summed E-state index contributed by atoms with van der Waals surface area (Å²) >= 11 is 7.83. The van der Waals surface area contributed by atoms with Gasteiger partial charge < -0.3 is 9.80 Å². The second kappa shape index (κ2) is 6.81. The van der Waals surface area contributed by atoms with Gasteiger partial charge in [0.15, 0.2) is 0 Å². The van der Waals surface area contributed by atoms with E-state index in [1.54, 1.807) is 16.2 Å². The van der Waals surface area contributed by atoms with Gasteiger partial charge >= 0.3 is 0 Å². The quantitative estimate of drug-likeness (QED) is 0.827. The molecular formula is C19H19ClN2O2S. The largest absolute Gasteiger partial charge is 0.332 e. The zero-order chi connectivity index (χ0) is 17.4. The summed E-state index contributed by atoms with van der Waals surface area (Å²) in [5.74, 6) is 0.0851. The number of aryl methyl sites for hydroxylation is 1. The maximum Gasteiger partial charge on any atom is 0.242 e. The predicted octanol–water partition coefficient (Wildman–Crippen LogP) is 3.30. The molecule has 0 N–H and O–H groups in total. The monoisotopic (exact) mass is 374 g/mol. The molecule has 4 nitrogen and oxygen atoms in total. The van der Waals surface area contributed by atoms with Crippen LogP contribution in [0, 0.1) is 0 Å². The van der Waals surface area contributed by atoms with Crippen molar-refractivity contribution in [2.24, 2.45) is 0 Å². The number of fused-ring (bicyclic) bond motifs is 3. The van der Waals surface area contributed by atoms with Gasteiger partial charge in [-0.15, -0.1) is 11.3 Å². The molecule has 0 spiro atoms. The number of thiophene rings is 1. The molecule has 130 valence electrons. The standard InChI is InChI=1S/C19H19ClN2O2S/c20-14-4-3-13-7-8-22-17(16(13)10-14)11-21(12-19(22)24)18(23)6-5-15-2-1-9-25-15/h1-4,9-10,17H,5-8,11-12H2. The second-order valence-electron chi connectivity index (χ2n) is 6.55. The number of hydrogen-bond donors (Lipinski definition) is 0. The van der Waals surface area contributed by atoms with Gasteiger partial charge in [0.2, 0.25) is 11.8 Å². The van der Waals surface area contributed by atoms with Crippen molar-refractivity contribution in [3.05, 3.63) is 56.7 Å². The lowest BCUT2D eigenvalue weighted by Crippen LogP contribution is -2.55. The van der Waals surface area contributed by atoms with Crippen LogP contribution in [0.5, 0.6) is 0 Å². The summed E-state index contributed by atoms with van der Waals surface area (Å²) in [6.45, 7) is 1.47. The first-order valence-electron chi connectivity index (χ1n) is 8.50. The molecule has 2 amide bonds. The van der Waals surface area contributed by atoms with Crippen LogP contribution < -0.4 is 0 Å². The average molecular weight is 375 g/mol. The molecule has 1 aromatic carbocycles. The topological polar surface area (TPSA) is 40.6 Å². The Morgan fingerprint density at radius 1 is 1.32 bits per heavy atom. The third-order valence-electron chi connectivity index (χ3n) is 5.02. The molecule has 1 unspecified atom stereocenters. The number of amides is 2. The molecule has 25 heavy (non-hydrogen) atoms.